The van der Waals surface area contributed by atoms with E-state index in [1.807, 2.05) is 43.3 Å². The number of carbonyl (C=O) groups excluding carboxylic acids is 1. The van der Waals surface area contributed by atoms with E-state index in [0.29, 0.717) is 5.69 Å². The second-order valence-corrected chi connectivity index (χ2v) is 5.02. The number of rotatable bonds is 2. The summed E-state index contributed by atoms with van der Waals surface area (Å²) in [6.07, 6.45) is 1.70. The number of nitrogen functional groups attached to an aromatic ring is 1. The van der Waals surface area contributed by atoms with Crippen LogP contribution in [0.4, 0.5) is 16.4 Å². The smallest absolute Gasteiger partial charge is 0.316 e. The fourth-order valence-corrected chi connectivity index (χ4v) is 2.37. The molecule has 1 aromatic heterocycles. The van der Waals surface area contributed by atoms with E-state index in [-0.39, 0.29) is 5.95 Å². The summed E-state index contributed by atoms with van der Waals surface area (Å²) < 4.78 is 0. The number of hydrogen-bond donors (Lipinski definition) is 3. The number of carbonyl (C=O) groups is 1. The first-order valence-corrected chi connectivity index (χ1v) is 6.73. The maximum atomic E-state index is 11.0. The molecule has 6 nitrogen and oxygen atoms in total. The summed E-state index contributed by atoms with van der Waals surface area (Å²) in [5.74, 6) is 0.254. The standard InChI is InChI=1S/C16H15N5O/c1-9-2-4-12(20-16(18)22)7-13(9)10-3-5-14-11(6-10)8-19-15(17)21-14/h2-8H,1H3,(H2,17,19,21)(H3,18,20,22). The van der Waals surface area contributed by atoms with Gasteiger partial charge in [0.2, 0.25) is 5.95 Å². The number of benzene rings is 2. The van der Waals surface area contributed by atoms with Crippen LogP contribution in [0.5, 0.6) is 0 Å². The molecule has 0 unspecified atom stereocenters. The maximum Gasteiger partial charge on any atom is 0.316 e. The summed E-state index contributed by atoms with van der Waals surface area (Å²) in [5.41, 5.74) is 15.3. The van der Waals surface area contributed by atoms with E-state index in [9.17, 15) is 4.79 Å². The van der Waals surface area contributed by atoms with Crippen LogP contribution < -0.4 is 16.8 Å². The maximum absolute atomic E-state index is 11.0. The van der Waals surface area contributed by atoms with Crippen molar-refractivity contribution in [3.05, 3.63) is 48.2 Å². The van der Waals surface area contributed by atoms with Gasteiger partial charge in [-0.25, -0.2) is 14.8 Å². The highest BCUT2D eigenvalue weighted by molar-refractivity contribution is 5.90. The number of hydrogen-bond acceptors (Lipinski definition) is 4. The number of nitrogens with one attached hydrogen (secondary N) is 1. The number of aryl methyl sites for hydroxylation is 1. The molecule has 0 aliphatic rings. The summed E-state index contributed by atoms with van der Waals surface area (Å²) in [6, 6.07) is 10.9. The summed E-state index contributed by atoms with van der Waals surface area (Å²) in [5, 5.41) is 3.49. The summed E-state index contributed by atoms with van der Waals surface area (Å²) in [6.45, 7) is 2.01. The minimum absolute atomic E-state index is 0.254. The number of primary amides is 1. The van der Waals surface area contributed by atoms with Gasteiger partial charge in [0.05, 0.1) is 5.52 Å². The number of urea groups is 1. The van der Waals surface area contributed by atoms with Gasteiger partial charge in [-0.3, -0.25) is 0 Å². The van der Waals surface area contributed by atoms with Crippen LogP contribution in [-0.4, -0.2) is 16.0 Å². The molecular weight excluding hydrogens is 278 g/mol. The zero-order valence-corrected chi connectivity index (χ0v) is 12.0. The van der Waals surface area contributed by atoms with E-state index in [1.54, 1.807) is 6.20 Å². The Morgan fingerprint density at radius 2 is 2.00 bits per heavy atom. The van der Waals surface area contributed by atoms with Crippen molar-refractivity contribution >= 4 is 28.6 Å². The lowest BCUT2D eigenvalue weighted by molar-refractivity contribution is 0.259. The van der Waals surface area contributed by atoms with Gasteiger partial charge >= 0.3 is 6.03 Å². The van der Waals surface area contributed by atoms with Crippen molar-refractivity contribution in [3.8, 4) is 11.1 Å². The van der Waals surface area contributed by atoms with Crippen molar-refractivity contribution in [1.82, 2.24) is 9.97 Å². The molecule has 0 aliphatic carbocycles. The number of anilines is 2. The normalized spacial score (nSPS) is 10.6. The Morgan fingerprint density at radius 3 is 2.77 bits per heavy atom. The van der Waals surface area contributed by atoms with Gasteiger partial charge in [0, 0.05) is 17.3 Å². The van der Waals surface area contributed by atoms with Crippen LogP contribution in [0, 0.1) is 6.92 Å². The number of nitrogens with two attached hydrogens (primary N) is 2. The molecule has 22 heavy (non-hydrogen) atoms. The Bertz CT molecular complexity index is 876. The molecular formula is C16H15N5O. The zero-order valence-electron chi connectivity index (χ0n) is 12.0. The van der Waals surface area contributed by atoms with E-state index >= 15 is 0 Å². The molecule has 2 aromatic carbocycles. The van der Waals surface area contributed by atoms with E-state index in [2.05, 4.69) is 15.3 Å². The van der Waals surface area contributed by atoms with E-state index < -0.39 is 6.03 Å². The van der Waals surface area contributed by atoms with Crippen molar-refractivity contribution in [1.29, 1.82) is 0 Å². The Balaban J connectivity index is 2.10. The molecule has 3 aromatic rings. The topological polar surface area (TPSA) is 107 Å². The zero-order chi connectivity index (χ0) is 15.7. The van der Waals surface area contributed by atoms with E-state index in [4.69, 9.17) is 11.5 Å². The largest absolute Gasteiger partial charge is 0.368 e. The molecule has 6 heteroatoms. The summed E-state index contributed by atoms with van der Waals surface area (Å²) in [7, 11) is 0. The van der Waals surface area contributed by atoms with Crippen LogP contribution in [0.1, 0.15) is 5.56 Å². The molecule has 2 amide bonds. The molecule has 1 heterocycles. The number of aromatic nitrogens is 2. The van der Waals surface area contributed by atoms with Crippen molar-refractivity contribution in [2.75, 3.05) is 11.1 Å². The van der Waals surface area contributed by atoms with Crippen LogP contribution in [0.15, 0.2) is 42.6 Å². The van der Waals surface area contributed by atoms with Crippen molar-refractivity contribution in [2.24, 2.45) is 5.73 Å². The molecule has 0 spiro atoms. The fraction of sp³-hybridized carbons (Fsp3) is 0.0625. The first-order valence-electron chi connectivity index (χ1n) is 6.73. The number of amides is 2. The van der Waals surface area contributed by atoms with Gasteiger partial charge in [-0.1, -0.05) is 12.1 Å². The Morgan fingerprint density at radius 1 is 1.18 bits per heavy atom. The summed E-state index contributed by atoms with van der Waals surface area (Å²) in [4.78, 5) is 19.2. The van der Waals surface area contributed by atoms with Gasteiger partial charge in [-0.2, -0.15) is 0 Å². The van der Waals surface area contributed by atoms with Crippen LogP contribution in [-0.2, 0) is 0 Å². The quantitative estimate of drug-likeness (QED) is 0.675. The Hall–Kier alpha value is -3.15. The van der Waals surface area contributed by atoms with E-state index in [1.165, 1.54) is 0 Å². The predicted molar refractivity (Wildman–Crippen MR) is 87.3 cm³/mol. The minimum atomic E-state index is -0.586. The lowest BCUT2D eigenvalue weighted by atomic mass is 9.98. The van der Waals surface area contributed by atoms with Gasteiger partial charge in [0.1, 0.15) is 0 Å². The lowest BCUT2D eigenvalue weighted by Crippen LogP contribution is -2.19. The van der Waals surface area contributed by atoms with Crippen LogP contribution >= 0.6 is 0 Å². The monoisotopic (exact) mass is 293 g/mol. The highest BCUT2D eigenvalue weighted by atomic mass is 16.2. The van der Waals surface area contributed by atoms with Gasteiger partial charge in [-0.05, 0) is 47.9 Å². The number of nitrogens with zero attached hydrogens (tertiary/aromatic N) is 2. The molecule has 0 aliphatic heterocycles. The molecule has 0 atom stereocenters. The average molecular weight is 293 g/mol. The molecule has 110 valence electrons. The van der Waals surface area contributed by atoms with Crippen molar-refractivity contribution in [3.63, 3.8) is 0 Å². The Kier molecular flexibility index (Phi) is 3.34. The molecule has 0 saturated heterocycles. The highest BCUT2D eigenvalue weighted by Crippen LogP contribution is 2.29. The summed E-state index contributed by atoms with van der Waals surface area (Å²) >= 11 is 0. The second-order valence-electron chi connectivity index (χ2n) is 5.02. The fourth-order valence-electron chi connectivity index (χ4n) is 2.37. The lowest BCUT2D eigenvalue weighted by Gasteiger charge is -2.10. The molecule has 0 fully saturated rings. The molecule has 0 radical (unpaired) electrons. The molecule has 0 bridgehead atoms. The molecule has 3 rings (SSSR count). The first-order chi connectivity index (χ1) is 10.5. The van der Waals surface area contributed by atoms with Crippen LogP contribution in [0.25, 0.3) is 22.0 Å². The Labute approximate surface area is 127 Å². The van der Waals surface area contributed by atoms with Crippen LogP contribution in [0.2, 0.25) is 0 Å². The van der Waals surface area contributed by atoms with Crippen LogP contribution in [0.3, 0.4) is 0 Å². The number of fused-ring (bicyclic) bond motifs is 1. The first kappa shape index (κ1) is 13.8. The minimum Gasteiger partial charge on any atom is -0.368 e. The third kappa shape index (κ3) is 2.67. The highest BCUT2D eigenvalue weighted by Gasteiger charge is 2.07. The SMILES string of the molecule is Cc1ccc(NC(N)=O)cc1-c1ccc2nc(N)ncc2c1. The third-order valence-electron chi connectivity index (χ3n) is 3.41. The average Bonchev–Trinajstić information content (AvgIpc) is 2.48. The van der Waals surface area contributed by atoms with Gasteiger partial charge < -0.3 is 16.8 Å². The predicted octanol–water partition coefficient (Wildman–Crippen LogP) is 2.68. The van der Waals surface area contributed by atoms with Gasteiger partial charge in [-0.15, -0.1) is 0 Å². The molecule has 5 N–H and O–H groups in total. The third-order valence-corrected chi connectivity index (χ3v) is 3.41. The van der Waals surface area contributed by atoms with Gasteiger partial charge in [0.25, 0.3) is 0 Å². The van der Waals surface area contributed by atoms with E-state index in [0.717, 1.165) is 27.6 Å². The van der Waals surface area contributed by atoms with Crippen molar-refractivity contribution < 1.29 is 4.79 Å². The molecule has 0 saturated carbocycles. The van der Waals surface area contributed by atoms with Crippen molar-refractivity contribution in [2.45, 2.75) is 6.92 Å². The van der Waals surface area contributed by atoms with Gasteiger partial charge in [0.15, 0.2) is 0 Å². The second kappa shape index (κ2) is 5.33.